The summed E-state index contributed by atoms with van der Waals surface area (Å²) in [7, 11) is 0. The van der Waals surface area contributed by atoms with Crippen LogP contribution in [0.3, 0.4) is 0 Å². The molecule has 9 heteroatoms. The van der Waals surface area contributed by atoms with Crippen LogP contribution in [0, 0.1) is 5.92 Å². The van der Waals surface area contributed by atoms with Crippen molar-refractivity contribution in [2.75, 3.05) is 19.8 Å². The first kappa shape index (κ1) is 23.3. The van der Waals surface area contributed by atoms with Gasteiger partial charge in [0, 0.05) is 19.8 Å². The number of hydrogen-bond donors (Lipinski definition) is 1. The van der Waals surface area contributed by atoms with Crippen LogP contribution in [-0.4, -0.2) is 53.7 Å². The molecule has 164 valence electrons. The first-order valence-electron chi connectivity index (χ1n) is 10.1. The van der Waals surface area contributed by atoms with E-state index in [1.165, 1.54) is 0 Å². The summed E-state index contributed by atoms with van der Waals surface area (Å²) in [5, 5.41) is 0.292. The van der Waals surface area contributed by atoms with Crippen molar-refractivity contribution in [1.29, 1.82) is 0 Å². The zero-order chi connectivity index (χ0) is 22.3. The van der Waals surface area contributed by atoms with E-state index in [9.17, 15) is 19.2 Å². The molecule has 1 atom stereocenters. The Morgan fingerprint density at radius 2 is 1.77 bits per heavy atom. The number of benzene rings is 1. The Labute approximate surface area is 176 Å². The lowest BCUT2D eigenvalue weighted by atomic mass is 9.74. The molecule has 2 rings (SSSR count). The number of hydrogen-bond acceptors (Lipinski definition) is 6. The van der Waals surface area contributed by atoms with Crippen molar-refractivity contribution < 1.29 is 28.8 Å². The molecule has 0 aliphatic carbocycles. The summed E-state index contributed by atoms with van der Waals surface area (Å²) < 4.78 is 5.55. The van der Waals surface area contributed by atoms with Crippen molar-refractivity contribution >= 4 is 23.9 Å². The van der Waals surface area contributed by atoms with E-state index in [4.69, 9.17) is 15.3 Å². The standard InChI is InChI=1S/C21H29N3O6/c1-4-21(16-9-6-5-7-10-16)17(25)23(12-8-13-29-14-11-15(2)3)20(28)24(18(21)26)30-19(22)27/h5-7,9-10,15H,4,8,11-14H2,1-3H3,(H2,22,27). The third-order valence-electron chi connectivity index (χ3n) is 5.05. The summed E-state index contributed by atoms with van der Waals surface area (Å²) in [5.41, 5.74) is 3.76. The molecule has 30 heavy (non-hydrogen) atoms. The molecule has 0 bridgehead atoms. The number of ether oxygens (including phenoxy) is 1. The topological polar surface area (TPSA) is 119 Å². The molecule has 1 aromatic carbocycles. The molecule has 0 spiro atoms. The molecule has 5 amide bonds. The average Bonchev–Trinajstić information content (AvgIpc) is 2.71. The van der Waals surface area contributed by atoms with E-state index in [1.807, 2.05) is 0 Å². The third kappa shape index (κ3) is 4.79. The van der Waals surface area contributed by atoms with Crippen molar-refractivity contribution in [3.05, 3.63) is 35.9 Å². The van der Waals surface area contributed by atoms with E-state index in [0.29, 0.717) is 36.2 Å². The van der Waals surface area contributed by atoms with Gasteiger partial charge in [0.1, 0.15) is 0 Å². The van der Waals surface area contributed by atoms with E-state index in [0.717, 1.165) is 11.3 Å². The molecule has 1 aromatic rings. The molecule has 9 nitrogen and oxygen atoms in total. The van der Waals surface area contributed by atoms with Gasteiger partial charge in [0.15, 0.2) is 5.41 Å². The van der Waals surface area contributed by atoms with Gasteiger partial charge in [-0.25, -0.2) is 9.59 Å². The van der Waals surface area contributed by atoms with E-state index in [-0.39, 0.29) is 13.0 Å². The molecule has 1 unspecified atom stereocenters. The minimum atomic E-state index is -1.69. The fraction of sp³-hybridized carbons (Fsp3) is 0.524. The number of carbonyl (C=O) groups is 4. The Kier molecular flexibility index (Phi) is 7.93. The maximum Gasteiger partial charge on any atom is 0.429 e. The number of nitrogens with zero attached hydrogens (tertiary/aromatic N) is 2. The fourth-order valence-corrected chi connectivity index (χ4v) is 3.37. The van der Waals surface area contributed by atoms with Crippen molar-refractivity contribution in [2.45, 2.75) is 45.4 Å². The van der Waals surface area contributed by atoms with Crippen LogP contribution in [0.4, 0.5) is 9.59 Å². The van der Waals surface area contributed by atoms with Gasteiger partial charge in [0.05, 0.1) is 0 Å². The molecule has 1 saturated heterocycles. The SMILES string of the molecule is CCC1(c2ccccc2)C(=O)N(CCCOCCC(C)C)C(=O)N(OC(N)=O)C1=O. The van der Waals surface area contributed by atoms with Gasteiger partial charge in [-0.05, 0) is 30.7 Å². The normalized spacial score (nSPS) is 19.5. The number of primary amides is 1. The molecule has 1 aliphatic heterocycles. The number of amides is 5. The van der Waals surface area contributed by atoms with Crippen LogP contribution in [0.15, 0.2) is 30.3 Å². The Bertz CT molecular complexity index is 782. The Morgan fingerprint density at radius 1 is 1.10 bits per heavy atom. The number of rotatable bonds is 10. The molecular formula is C21H29N3O6. The maximum atomic E-state index is 13.4. The van der Waals surface area contributed by atoms with Crippen molar-refractivity contribution in [3.8, 4) is 0 Å². The highest BCUT2D eigenvalue weighted by Crippen LogP contribution is 2.37. The maximum absolute atomic E-state index is 13.4. The number of barbiturate groups is 1. The molecule has 1 heterocycles. The largest absolute Gasteiger partial charge is 0.429 e. The first-order valence-corrected chi connectivity index (χ1v) is 10.1. The van der Waals surface area contributed by atoms with Gasteiger partial charge in [-0.2, -0.15) is 0 Å². The number of hydroxylamine groups is 2. The van der Waals surface area contributed by atoms with Crippen LogP contribution in [-0.2, 0) is 24.6 Å². The van der Waals surface area contributed by atoms with Crippen LogP contribution >= 0.6 is 0 Å². The summed E-state index contributed by atoms with van der Waals surface area (Å²) >= 11 is 0. The first-order chi connectivity index (χ1) is 14.3. The lowest BCUT2D eigenvalue weighted by Crippen LogP contribution is -2.67. The zero-order valence-corrected chi connectivity index (χ0v) is 17.6. The minimum absolute atomic E-state index is 0.0137. The number of carbonyl (C=O) groups excluding carboxylic acids is 4. The van der Waals surface area contributed by atoms with Gasteiger partial charge in [0.25, 0.3) is 11.8 Å². The van der Waals surface area contributed by atoms with Gasteiger partial charge in [-0.3, -0.25) is 14.5 Å². The number of imide groups is 2. The average molecular weight is 419 g/mol. The number of urea groups is 1. The molecule has 0 saturated carbocycles. The minimum Gasteiger partial charge on any atom is -0.381 e. The Hall–Kier alpha value is -2.94. The molecule has 1 aliphatic rings. The molecule has 0 radical (unpaired) electrons. The zero-order valence-electron chi connectivity index (χ0n) is 17.6. The smallest absolute Gasteiger partial charge is 0.381 e. The lowest BCUT2D eigenvalue weighted by Gasteiger charge is -2.42. The van der Waals surface area contributed by atoms with Crippen LogP contribution in [0.2, 0.25) is 0 Å². The fourth-order valence-electron chi connectivity index (χ4n) is 3.37. The lowest BCUT2D eigenvalue weighted by molar-refractivity contribution is -0.174. The van der Waals surface area contributed by atoms with Gasteiger partial charge >= 0.3 is 12.1 Å². The van der Waals surface area contributed by atoms with Crippen LogP contribution < -0.4 is 5.73 Å². The van der Waals surface area contributed by atoms with E-state index >= 15 is 0 Å². The van der Waals surface area contributed by atoms with Crippen LogP contribution in [0.1, 0.15) is 45.6 Å². The molecular weight excluding hydrogens is 390 g/mol. The predicted molar refractivity (Wildman–Crippen MR) is 108 cm³/mol. The van der Waals surface area contributed by atoms with Gasteiger partial charge in [0.2, 0.25) is 0 Å². The number of nitrogens with two attached hydrogens (primary N) is 1. The van der Waals surface area contributed by atoms with E-state index in [2.05, 4.69) is 13.8 Å². The highest BCUT2D eigenvalue weighted by atomic mass is 16.7. The molecule has 1 fully saturated rings. The second kappa shape index (κ2) is 10.2. The monoisotopic (exact) mass is 419 g/mol. The van der Waals surface area contributed by atoms with Crippen LogP contribution in [0.5, 0.6) is 0 Å². The molecule has 0 aromatic heterocycles. The van der Waals surface area contributed by atoms with E-state index in [1.54, 1.807) is 37.3 Å². The highest BCUT2D eigenvalue weighted by molar-refractivity contribution is 6.22. The molecule has 2 N–H and O–H groups in total. The van der Waals surface area contributed by atoms with Crippen molar-refractivity contribution in [2.24, 2.45) is 11.7 Å². The summed E-state index contributed by atoms with van der Waals surface area (Å²) in [4.78, 5) is 56.2. The summed E-state index contributed by atoms with van der Waals surface area (Å²) in [6.45, 7) is 6.78. The Balaban J connectivity index is 2.28. The van der Waals surface area contributed by atoms with E-state index < -0.39 is 29.4 Å². The van der Waals surface area contributed by atoms with Crippen molar-refractivity contribution in [3.63, 3.8) is 0 Å². The second-order valence-corrected chi connectivity index (χ2v) is 7.52. The quantitative estimate of drug-likeness (QED) is 0.460. The van der Waals surface area contributed by atoms with Gasteiger partial charge < -0.3 is 15.3 Å². The van der Waals surface area contributed by atoms with Crippen LogP contribution in [0.25, 0.3) is 0 Å². The second-order valence-electron chi connectivity index (χ2n) is 7.52. The summed E-state index contributed by atoms with van der Waals surface area (Å²) in [5.74, 6) is -1.08. The predicted octanol–water partition coefficient (Wildman–Crippen LogP) is 2.59. The Morgan fingerprint density at radius 3 is 2.33 bits per heavy atom. The van der Waals surface area contributed by atoms with Crippen molar-refractivity contribution in [1.82, 2.24) is 9.96 Å². The third-order valence-corrected chi connectivity index (χ3v) is 5.05. The van der Waals surface area contributed by atoms with Gasteiger partial charge in [-0.1, -0.05) is 56.2 Å². The van der Waals surface area contributed by atoms with Gasteiger partial charge in [-0.15, -0.1) is 0 Å². The summed E-state index contributed by atoms with van der Waals surface area (Å²) in [6, 6.07) is 7.35. The highest BCUT2D eigenvalue weighted by Gasteiger charge is 2.58. The summed E-state index contributed by atoms with van der Waals surface area (Å²) in [6.07, 6.45) is 0.0367.